The highest BCUT2D eigenvalue weighted by atomic mass is 32.2. The summed E-state index contributed by atoms with van der Waals surface area (Å²) in [4.78, 5) is 15.0. The van der Waals surface area contributed by atoms with Crippen LogP contribution >= 0.6 is 11.9 Å². The Labute approximate surface area is 175 Å². The molecule has 2 fully saturated rings. The van der Waals surface area contributed by atoms with E-state index in [-0.39, 0.29) is 23.3 Å². The molecule has 1 aliphatic heterocycles. The average molecular weight is 417 g/mol. The van der Waals surface area contributed by atoms with E-state index < -0.39 is 11.6 Å². The molecule has 6 heteroatoms. The van der Waals surface area contributed by atoms with Crippen LogP contribution in [-0.2, 0) is 4.79 Å². The van der Waals surface area contributed by atoms with Gasteiger partial charge in [0.1, 0.15) is 11.6 Å². The van der Waals surface area contributed by atoms with Crippen molar-refractivity contribution in [3.05, 3.63) is 59.7 Å². The fourth-order valence-corrected chi connectivity index (χ4v) is 4.81. The first-order valence-corrected chi connectivity index (χ1v) is 11.4. The van der Waals surface area contributed by atoms with Gasteiger partial charge in [-0.1, -0.05) is 42.3 Å². The Morgan fingerprint density at radius 2 is 1.79 bits per heavy atom. The lowest BCUT2D eigenvalue weighted by molar-refractivity contribution is -0.134. The van der Waals surface area contributed by atoms with Crippen molar-refractivity contribution in [1.29, 1.82) is 0 Å². The monoisotopic (exact) mass is 416 g/mol. The third-order valence-corrected chi connectivity index (χ3v) is 6.60. The van der Waals surface area contributed by atoms with E-state index in [0.29, 0.717) is 11.5 Å². The predicted octanol–water partition coefficient (Wildman–Crippen LogP) is 4.84. The van der Waals surface area contributed by atoms with Crippen molar-refractivity contribution < 1.29 is 13.6 Å². The molecule has 1 aliphatic carbocycles. The molecule has 1 saturated heterocycles. The van der Waals surface area contributed by atoms with Gasteiger partial charge in [0, 0.05) is 25.6 Å². The summed E-state index contributed by atoms with van der Waals surface area (Å²) < 4.78 is 32.0. The highest BCUT2D eigenvalue weighted by molar-refractivity contribution is 7.96. The van der Waals surface area contributed by atoms with Crippen molar-refractivity contribution in [2.75, 3.05) is 25.9 Å². The Balaban J connectivity index is 1.46. The maximum atomic E-state index is 14.3. The third-order valence-electron chi connectivity index (χ3n) is 6.14. The molecule has 2 aromatic carbocycles. The summed E-state index contributed by atoms with van der Waals surface area (Å²) in [5.41, 5.74) is 1.43. The van der Waals surface area contributed by atoms with Gasteiger partial charge in [0.05, 0.1) is 5.56 Å². The number of benzene rings is 2. The van der Waals surface area contributed by atoms with E-state index in [1.54, 1.807) is 24.1 Å². The molecule has 1 N–H and O–H groups in total. The van der Waals surface area contributed by atoms with Gasteiger partial charge in [0.25, 0.3) is 0 Å². The summed E-state index contributed by atoms with van der Waals surface area (Å²) >= 11 is 1.63. The number of piperidine rings is 1. The Morgan fingerprint density at radius 1 is 1.10 bits per heavy atom. The molecule has 154 valence electrons. The SMILES string of the molecule is CSNCC1CCN(C(=O)C2CC2c2ccccc2-c2c(F)cccc2F)CC1. The van der Waals surface area contributed by atoms with E-state index in [9.17, 15) is 13.6 Å². The Kier molecular flexibility index (Phi) is 6.20. The fraction of sp³-hybridized carbons (Fsp3) is 0.435. The lowest BCUT2D eigenvalue weighted by Gasteiger charge is -2.32. The molecule has 3 nitrogen and oxygen atoms in total. The van der Waals surface area contributed by atoms with E-state index >= 15 is 0 Å². The summed E-state index contributed by atoms with van der Waals surface area (Å²) in [6.07, 6.45) is 4.82. The van der Waals surface area contributed by atoms with Gasteiger partial charge < -0.3 is 4.90 Å². The minimum atomic E-state index is -0.568. The van der Waals surface area contributed by atoms with Crippen molar-refractivity contribution >= 4 is 17.9 Å². The summed E-state index contributed by atoms with van der Waals surface area (Å²) in [5.74, 6) is -0.370. The molecule has 2 atom stereocenters. The zero-order valence-corrected chi connectivity index (χ0v) is 17.4. The standard InChI is InChI=1S/C23H26F2N2OS/c1-29-26-14-15-9-11-27(12-10-15)23(28)19-13-18(19)16-5-2-3-6-17(16)22-20(24)7-4-8-21(22)25/h2-8,15,18-19,26H,9-14H2,1H3. The zero-order valence-electron chi connectivity index (χ0n) is 16.5. The number of carbonyl (C=O) groups is 1. The highest BCUT2D eigenvalue weighted by Gasteiger charge is 2.47. The van der Waals surface area contributed by atoms with Crippen LogP contribution in [0.15, 0.2) is 42.5 Å². The summed E-state index contributed by atoms with van der Waals surface area (Å²) in [6.45, 7) is 2.58. The van der Waals surface area contributed by atoms with Crippen LogP contribution in [0.5, 0.6) is 0 Å². The van der Waals surface area contributed by atoms with Crippen LogP contribution in [0.4, 0.5) is 8.78 Å². The van der Waals surface area contributed by atoms with Gasteiger partial charge in [0.2, 0.25) is 5.91 Å². The number of carbonyl (C=O) groups excluding carboxylic acids is 1. The topological polar surface area (TPSA) is 32.3 Å². The average Bonchev–Trinajstić information content (AvgIpc) is 3.53. The molecule has 4 rings (SSSR count). The Morgan fingerprint density at radius 3 is 2.48 bits per heavy atom. The number of hydrogen-bond acceptors (Lipinski definition) is 3. The number of hydrogen-bond donors (Lipinski definition) is 1. The normalized spacial score (nSPS) is 22.0. The number of likely N-dealkylation sites (tertiary alicyclic amines) is 1. The minimum Gasteiger partial charge on any atom is -0.342 e. The third kappa shape index (κ3) is 4.33. The first-order chi connectivity index (χ1) is 14.1. The minimum absolute atomic E-state index is 0.00306. The second-order valence-electron chi connectivity index (χ2n) is 7.95. The smallest absolute Gasteiger partial charge is 0.226 e. The van der Waals surface area contributed by atoms with E-state index in [0.717, 1.165) is 44.5 Å². The van der Waals surface area contributed by atoms with E-state index in [1.165, 1.54) is 18.2 Å². The van der Waals surface area contributed by atoms with Crippen molar-refractivity contribution in [3.8, 4) is 11.1 Å². The molecule has 0 spiro atoms. The first kappa shape index (κ1) is 20.4. The lowest BCUT2D eigenvalue weighted by atomic mass is 9.94. The molecule has 0 bridgehead atoms. The summed E-state index contributed by atoms with van der Waals surface area (Å²) in [6, 6.07) is 11.2. The van der Waals surface area contributed by atoms with Crippen molar-refractivity contribution in [2.45, 2.75) is 25.2 Å². The lowest BCUT2D eigenvalue weighted by Crippen LogP contribution is -2.41. The number of nitrogens with zero attached hydrogens (tertiary/aromatic N) is 1. The van der Waals surface area contributed by atoms with Crippen LogP contribution in [0.1, 0.15) is 30.7 Å². The molecule has 2 aromatic rings. The van der Waals surface area contributed by atoms with Gasteiger partial charge in [-0.3, -0.25) is 9.52 Å². The zero-order chi connectivity index (χ0) is 20.4. The van der Waals surface area contributed by atoms with Crippen molar-refractivity contribution in [1.82, 2.24) is 9.62 Å². The van der Waals surface area contributed by atoms with Crippen LogP contribution < -0.4 is 4.72 Å². The van der Waals surface area contributed by atoms with Gasteiger partial charge in [-0.25, -0.2) is 8.78 Å². The first-order valence-electron chi connectivity index (χ1n) is 10.2. The van der Waals surface area contributed by atoms with Crippen LogP contribution in [-0.4, -0.2) is 36.7 Å². The highest BCUT2D eigenvalue weighted by Crippen LogP contribution is 2.51. The molecular formula is C23H26F2N2OS. The maximum Gasteiger partial charge on any atom is 0.226 e. The molecule has 29 heavy (non-hydrogen) atoms. The summed E-state index contributed by atoms with van der Waals surface area (Å²) in [5, 5.41) is 0. The quantitative estimate of drug-likeness (QED) is 0.684. The number of halogens is 2. The van der Waals surface area contributed by atoms with Crippen molar-refractivity contribution in [2.24, 2.45) is 11.8 Å². The van der Waals surface area contributed by atoms with Crippen LogP contribution in [0.25, 0.3) is 11.1 Å². The van der Waals surface area contributed by atoms with Crippen LogP contribution in [0, 0.1) is 23.5 Å². The molecule has 0 radical (unpaired) electrons. The molecule has 0 aromatic heterocycles. The maximum absolute atomic E-state index is 14.3. The Hall–Kier alpha value is -1.92. The number of nitrogens with one attached hydrogen (secondary N) is 1. The largest absolute Gasteiger partial charge is 0.342 e. The molecule has 1 saturated carbocycles. The van der Waals surface area contributed by atoms with Gasteiger partial charge in [-0.05, 0) is 60.6 Å². The van der Waals surface area contributed by atoms with Crippen molar-refractivity contribution in [3.63, 3.8) is 0 Å². The molecule has 1 heterocycles. The van der Waals surface area contributed by atoms with E-state index in [4.69, 9.17) is 0 Å². The summed E-state index contributed by atoms with van der Waals surface area (Å²) in [7, 11) is 0. The van der Waals surface area contributed by atoms with Crippen LogP contribution in [0.3, 0.4) is 0 Å². The van der Waals surface area contributed by atoms with Gasteiger partial charge in [0.15, 0.2) is 0 Å². The van der Waals surface area contributed by atoms with Crippen LogP contribution in [0.2, 0.25) is 0 Å². The Bertz CT molecular complexity index is 863. The second-order valence-corrected chi connectivity index (χ2v) is 8.65. The van der Waals surface area contributed by atoms with Gasteiger partial charge in [-0.2, -0.15) is 0 Å². The fourth-order valence-electron chi connectivity index (χ4n) is 4.41. The molecule has 2 aliphatic rings. The predicted molar refractivity (Wildman–Crippen MR) is 113 cm³/mol. The molecular weight excluding hydrogens is 390 g/mol. The second kappa shape index (κ2) is 8.84. The number of rotatable bonds is 6. The van der Waals surface area contributed by atoms with E-state index in [1.807, 2.05) is 23.3 Å². The van der Waals surface area contributed by atoms with Gasteiger partial charge >= 0.3 is 0 Å². The van der Waals surface area contributed by atoms with Gasteiger partial charge in [-0.15, -0.1) is 0 Å². The molecule has 1 amide bonds. The molecule has 2 unspecified atom stereocenters. The number of amides is 1. The van der Waals surface area contributed by atoms with E-state index in [2.05, 4.69) is 4.72 Å².